The number of likely N-dealkylation sites (tertiary alicyclic amines) is 2. The van der Waals surface area contributed by atoms with Gasteiger partial charge in [0.15, 0.2) is 0 Å². The summed E-state index contributed by atoms with van der Waals surface area (Å²) in [5.74, 6) is -2.56. The highest BCUT2D eigenvalue weighted by Crippen LogP contribution is 2.43. The fraction of sp³-hybridized carbons (Fsp3) is 0.796. The lowest BCUT2D eigenvalue weighted by Gasteiger charge is -2.46. The molecular weight excluding hydrogens is 1000 g/mol. The first-order valence-corrected chi connectivity index (χ1v) is 28.3. The van der Waals surface area contributed by atoms with E-state index in [1.165, 1.54) is 18.7 Å². The zero-order chi connectivity index (χ0) is 58.3. The van der Waals surface area contributed by atoms with Gasteiger partial charge in [-0.25, -0.2) is 9.59 Å². The van der Waals surface area contributed by atoms with Crippen molar-refractivity contribution in [3.05, 3.63) is 46.3 Å². The van der Waals surface area contributed by atoms with E-state index in [1.54, 1.807) is 4.90 Å². The van der Waals surface area contributed by atoms with Crippen molar-refractivity contribution in [2.24, 2.45) is 22.0 Å². The van der Waals surface area contributed by atoms with Gasteiger partial charge in [-0.1, -0.05) is 80.4 Å². The van der Waals surface area contributed by atoms with Crippen LogP contribution in [-0.2, 0) is 53.9 Å². The van der Waals surface area contributed by atoms with Crippen molar-refractivity contribution in [2.45, 2.75) is 256 Å². The number of carboxylic acid groups (broad SMARTS) is 2. The summed E-state index contributed by atoms with van der Waals surface area (Å²) in [4.78, 5) is 67.7. The van der Waals surface area contributed by atoms with Gasteiger partial charge in [0.05, 0.1) is 27.8 Å². The predicted molar refractivity (Wildman–Crippen MR) is 298 cm³/mol. The van der Waals surface area contributed by atoms with Gasteiger partial charge in [0, 0.05) is 50.0 Å². The monoisotopic (exact) mass is 1100 g/mol. The number of carbonyl (C=O) groups is 5. The average molecular weight is 1100 g/mol. The lowest BCUT2D eigenvalue weighted by molar-refractivity contribution is -0.169. The van der Waals surface area contributed by atoms with Crippen molar-refractivity contribution in [3.8, 4) is 0 Å². The van der Waals surface area contributed by atoms with Crippen molar-refractivity contribution < 1.29 is 67.6 Å². The Morgan fingerprint density at radius 3 is 1.65 bits per heavy atom. The molecule has 1 aromatic rings. The molecule has 5 fully saturated rings. The molecule has 0 unspecified atom stereocenters. The first-order chi connectivity index (χ1) is 36.4. The summed E-state index contributed by atoms with van der Waals surface area (Å²) in [7, 11) is -1.88. The molecule has 78 heavy (non-hydrogen) atoms. The molecular formula is C54H92B3N7O14. The molecule has 1 saturated carbocycles. The van der Waals surface area contributed by atoms with Crippen molar-refractivity contribution in [1.82, 2.24) is 9.80 Å². The highest BCUT2D eigenvalue weighted by atomic mass is 16.7. The second-order valence-electron chi connectivity index (χ2n) is 24.4. The van der Waals surface area contributed by atoms with Gasteiger partial charge in [0.2, 0.25) is 11.8 Å². The Morgan fingerprint density at radius 1 is 0.692 bits per heavy atom. The number of hydrogen-bond donors (Lipinski definition) is 6. The molecule has 0 aromatic heterocycles. The minimum atomic E-state index is -1.29. The van der Waals surface area contributed by atoms with Crippen LogP contribution in [0.3, 0.4) is 0 Å². The number of esters is 1. The molecule has 24 heteroatoms. The standard InChI is InChI=1S/C25H37BN4O5.C18H33BN2O5.C11H22BNO4/c1-19(31)30-16-13-21(28-29-27)17-25(30,22(32)33-18-20-11-7-6-8-12-20)14-9-10-15-26-34-23(2,3)24(4,5)35-26;1-13(22)21-11-8-14(20)12-18(21,15(23)24)9-6-7-10-19-25-16(2,3)17(4,5)26-19;13-9-4-3-6-11(8-9,10(14)15)5-1-2-7-12(16)17/h6-8,11-12,21H,9-10,13-18H2,1-5H3;14H,6-12,20H2,1-5H3,(H,23,24);9,16-17H,1-8,13H2,(H,14,15)/t21-,25-;14-,18-;9-,11-/m000/s1. The second-order valence-corrected chi connectivity index (χ2v) is 24.4. The first-order valence-electron chi connectivity index (χ1n) is 28.3. The summed E-state index contributed by atoms with van der Waals surface area (Å²) in [5.41, 5.74) is 17.2. The van der Waals surface area contributed by atoms with Crippen LogP contribution in [-0.4, -0.2) is 146 Å². The van der Waals surface area contributed by atoms with E-state index in [2.05, 4.69) is 10.0 Å². The highest BCUT2D eigenvalue weighted by Gasteiger charge is 2.54. The van der Waals surface area contributed by atoms with Gasteiger partial charge >= 0.3 is 39.3 Å². The number of rotatable bonds is 21. The average Bonchev–Trinajstić information content (AvgIpc) is 3.72. The number of aliphatic carboxylic acids is 2. The fourth-order valence-corrected chi connectivity index (χ4v) is 11.6. The number of unbranched alkanes of at least 4 members (excludes halogenated alkanes) is 3. The Kier molecular flexibility index (Phi) is 24.2. The van der Waals surface area contributed by atoms with E-state index >= 15 is 0 Å². The Bertz CT molecular complexity index is 2170. The van der Waals surface area contributed by atoms with Gasteiger partial charge in [0.25, 0.3) is 0 Å². The summed E-state index contributed by atoms with van der Waals surface area (Å²) in [5, 5.41) is 40.6. The van der Waals surface area contributed by atoms with E-state index in [0.29, 0.717) is 109 Å². The molecule has 5 aliphatic rings. The molecule has 4 heterocycles. The number of hydrogen-bond acceptors (Lipinski definition) is 15. The smallest absolute Gasteiger partial charge is 0.457 e. The van der Waals surface area contributed by atoms with Crippen LogP contribution >= 0.6 is 0 Å². The zero-order valence-corrected chi connectivity index (χ0v) is 48.4. The van der Waals surface area contributed by atoms with Crippen molar-refractivity contribution in [3.63, 3.8) is 0 Å². The number of azide groups is 1. The normalized spacial score (nSPS) is 27.7. The van der Waals surface area contributed by atoms with Gasteiger partial charge in [0.1, 0.15) is 17.7 Å². The van der Waals surface area contributed by atoms with Gasteiger partial charge in [-0.05, 0) is 150 Å². The highest BCUT2D eigenvalue weighted by molar-refractivity contribution is 6.45. The van der Waals surface area contributed by atoms with Gasteiger partial charge in [-0.3, -0.25) is 14.4 Å². The molecule has 2 amide bonds. The van der Waals surface area contributed by atoms with Crippen molar-refractivity contribution in [2.75, 3.05) is 13.1 Å². The molecule has 436 valence electrons. The van der Waals surface area contributed by atoms with Crippen LogP contribution < -0.4 is 11.5 Å². The van der Waals surface area contributed by atoms with Crippen LogP contribution in [0.4, 0.5) is 0 Å². The summed E-state index contributed by atoms with van der Waals surface area (Å²) in [6.45, 7) is 19.9. The zero-order valence-electron chi connectivity index (χ0n) is 48.4. The fourth-order valence-electron chi connectivity index (χ4n) is 11.6. The number of carboxylic acids is 2. The summed E-state index contributed by atoms with van der Waals surface area (Å²) >= 11 is 0. The molecule has 0 spiro atoms. The van der Waals surface area contributed by atoms with Crippen LogP contribution in [0.15, 0.2) is 35.4 Å². The molecule has 1 aromatic carbocycles. The molecule has 8 N–H and O–H groups in total. The Balaban J connectivity index is 0.000000269. The molecule has 6 rings (SSSR count). The SMILES string of the molecule is CC(=O)N1CC[C@H](N)C[C@@]1(CCCCB1OC(C)(C)C(C)(C)O1)C(=O)O.CC(=O)N1CC[C@H](N=[N+]=[N-])C[C@@]1(CCCCB1OC(C)(C)C(C)(C)O1)C(=O)OCc1ccccc1.N[C@H]1CCC[C@](CCCCB(O)O)(C(=O)O)C1. The van der Waals surface area contributed by atoms with Gasteiger partial charge in [-0.15, -0.1) is 0 Å². The second kappa shape index (κ2) is 28.4. The van der Waals surface area contributed by atoms with E-state index in [0.717, 1.165) is 31.2 Å². The Morgan fingerprint density at radius 2 is 1.18 bits per heavy atom. The molecule has 1 aliphatic carbocycles. The van der Waals surface area contributed by atoms with Crippen LogP contribution in [0.25, 0.3) is 10.4 Å². The van der Waals surface area contributed by atoms with Crippen LogP contribution in [0.1, 0.15) is 184 Å². The van der Waals surface area contributed by atoms with E-state index < -0.39 is 52.7 Å². The number of ether oxygens (including phenoxy) is 1. The third kappa shape index (κ3) is 17.4. The summed E-state index contributed by atoms with van der Waals surface area (Å²) < 4.78 is 29.9. The Labute approximate surface area is 463 Å². The van der Waals surface area contributed by atoms with Crippen LogP contribution in [0, 0.1) is 5.41 Å². The lowest BCUT2D eigenvalue weighted by Crippen LogP contribution is -2.62. The largest absolute Gasteiger partial charge is 0.481 e. The maximum atomic E-state index is 13.6. The molecule has 4 saturated heterocycles. The summed E-state index contributed by atoms with van der Waals surface area (Å²) in [6, 6.07) is 8.86. The topological polar surface area (TPSA) is 320 Å². The van der Waals surface area contributed by atoms with Crippen molar-refractivity contribution in [1.29, 1.82) is 0 Å². The number of piperidine rings is 2. The van der Waals surface area contributed by atoms with E-state index in [9.17, 15) is 34.2 Å². The third-order valence-corrected chi connectivity index (χ3v) is 17.5. The van der Waals surface area contributed by atoms with Crippen LogP contribution in [0.2, 0.25) is 19.0 Å². The quantitative estimate of drug-likeness (QED) is 0.0171. The van der Waals surface area contributed by atoms with E-state index in [1.807, 2.05) is 85.7 Å². The lowest BCUT2D eigenvalue weighted by atomic mass is 9.69. The molecule has 4 aliphatic heterocycles. The number of benzene rings is 1. The van der Waals surface area contributed by atoms with E-state index in [-0.39, 0.29) is 68.4 Å². The number of nitrogens with two attached hydrogens (primary N) is 2. The maximum Gasteiger partial charge on any atom is 0.457 e. The van der Waals surface area contributed by atoms with E-state index in [4.69, 9.17) is 50.4 Å². The number of carbonyl (C=O) groups excluding carboxylic acids is 3. The molecule has 0 bridgehead atoms. The predicted octanol–water partition coefficient (Wildman–Crippen LogP) is 7.70. The third-order valence-electron chi connectivity index (χ3n) is 17.5. The Hall–Kier alpha value is -4.25. The maximum absolute atomic E-state index is 13.6. The van der Waals surface area contributed by atoms with Gasteiger partial charge < -0.3 is 64.9 Å². The summed E-state index contributed by atoms with van der Waals surface area (Å²) in [6.07, 6.45) is 12.0. The molecule has 21 nitrogen and oxygen atoms in total. The van der Waals surface area contributed by atoms with Crippen molar-refractivity contribution >= 4 is 51.1 Å². The number of nitrogens with zero attached hydrogens (tertiary/aromatic N) is 5. The first kappa shape index (κ1) is 66.3. The molecule has 0 radical (unpaired) electrons. The number of amides is 2. The molecule has 6 atom stereocenters. The minimum absolute atomic E-state index is 0.0108. The minimum Gasteiger partial charge on any atom is -0.481 e. The van der Waals surface area contributed by atoms with Crippen LogP contribution in [0.5, 0.6) is 0 Å². The van der Waals surface area contributed by atoms with Gasteiger partial charge in [-0.2, -0.15) is 0 Å².